The number of hydrogen-bond donors (Lipinski definition) is 0. The number of ether oxygens (including phenoxy) is 1. The molecule has 0 unspecified atom stereocenters. The van der Waals surface area contributed by atoms with Crippen LogP contribution in [0.1, 0.15) is 23.4 Å². The molecule has 0 amide bonds. The number of anilines is 1. The van der Waals surface area contributed by atoms with E-state index in [0.717, 1.165) is 29.5 Å². The van der Waals surface area contributed by atoms with Crippen LogP contribution in [0.4, 0.5) is 19.0 Å². The smallest absolute Gasteiger partial charge is 0.378 e. The van der Waals surface area contributed by atoms with Crippen molar-refractivity contribution in [2.45, 2.75) is 25.4 Å². The number of rotatable bonds is 1. The third-order valence-corrected chi connectivity index (χ3v) is 4.69. The van der Waals surface area contributed by atoms with Gasteiger partial charge in [-0.25, -0.2) is 9.97 Å². The molecular formula is C18H18F3N3O. The van der Waals surface area contributed by atoms with Gasteiger partial charge in [0.15, 0.2) is 0 Å². The summed E-state index contributed by atoms with van der Waals surface area (Å²) in [6, 6.07) is 7.58. The predicted molar refractivity (Wildman–Crippen MR) is 87.5 cm³/mol. The number of nitrogens with zero attached hydrogens (tertiary/aromatic N) is 3. The van der Waals surface area contributed by atoms with Crippen LogP contribution >= 0.6 is 0 Å². The lowest BCUT2D eigenvalue weighted by Crippen LogP contribution is -2.38. The Kier molecular flexibility index (Phi) is 4.11. The van der Waals surface area contributed by atoms with Crippen molar-refractivity contribution in [2.75, 3.05) is 31.2 Å². The van der Waals surface area contributed by atoms with Crippen LogP contribution in [-0.2, 0) is 23.8 Å². The number of benzene rings is 1. The highest BCUT2D eigenvalue weighted by atomic mass is 19.4. The number of hydrogen-bond acceptors (Lipinski definition) is 4. The molecule has 1 aromatic carbocycles. The highest BCUT2D eigenvalue weighted by molar-refractivity contribution is 5.73. The molecule has 1 fully saturated rings. The molecule has 2 heterocycles. The third kappa shape index (κ3) is 3.08. The summed E-state index contributed by atoms with van der Waals surface area (Å²) in [5.41, 5.74) is 3.08. The van der Waals surface area contributed by atoms with Crippen molar-refractivity contribution in [1.82, 2.24) is 9.97 Å². The normalized spacial score (nSPS) is 17.6. The third-order valence-electron chi connectivity index (χ3n) is 4.69. The van der Waals surface area contributed by atoms with Gasteiger partial charge in [0.25, 0.3) is 0 Å². The monoisotopic (exact) mass is 349 g/mol. The van der Waals surface area contributed by atoms with Crippen LogP contribution in [0, 0.1) is 0 Å². The molecule has 25 heavy (non-hydrogen) atoms. The summed E-state index contributed by atoms with van der Waals surface area (Å²) in [7, 11) is 0. The molecule has 0 atom stereocenters. The van der Waals surface area contributed by atoms with Gasteiger partial charge < -0.3 is 9.64 Å². The summed E-state index contributed by atoms with van der Waals surface area (Å²) in [6.07, 6.45) is -2.20. The molecule has 2 aromatic rings. The van der Waals surface area contributed by atoms with E-state index in [4.69, 9.17) is 4.74 Å². The van der Waals surface area contributed by atoms with E-state index >= 15 is 0 Å². The minimum atomic E-state index is -4.57. The van der Waals surface area contributed by atoms with Gasteiger partial charge in [0.2, 0.25) is 5.82 Å². The molecule has 1 aliphatic heterocycles. The number of aryl methyl sites for hydroxylation is 1. The molecule has 0 saturated carbocycles. The van der Waals surface area contributed by atoms with Crippen LogP contribution in [-0.4, -0.2) is 36.3 Å². The molecule has 1 saturated heterocycles. The zero-order valence-electron chi connectivity index (χ0n) is 13.6. The van der Waals surface area contributed by atoms with Gasteiger partial charge in [-0.05, 0) is 24.8 Å². The Balaban J connectivity index is 1.94. The lowest BCUT2D eigenvalue weighted by Gasteiger charge is -2.30. The highest BCUT2D eigenvalue weighted by Crippen LogP contribution is 2.38. The van der Waals surface area contributed by atoms with Crippen molar-refractivity contribution in [1.29, 1.82) is 0 Å². The van der Waals surface area contributed by atoms with Crippen LogP contribution in [0.25, 0.3) is 11.3 Å². The molecular weight excluding hydrogens is 331 g/mol. The molecule has 7 heteroatoms. The minimum absolute atomic E-state index is 0.414. The molecule has 0 radical (unpaired) electrons. The average Bonchev–Trinajstić information content (AvgIpc) is 2.80. The van der Waals surface area contributed by atoms with Crippen molar-refractivity contribution in [2.24, 2.45) is 0 Å². The lowest BCUT2D eigenvalue weighted by atomic mass is 10.0. The van der Waals surface area contributed by atoms with Crippen LogP contribution in [0.2, 0.25) is 0 Å². The van der Waals surface area contributed by atoms with Gasteiger partial charge in [-0.1, -0.05) is 24.3 Å². The van der Waals surface area contributed by atoms with Crippen LogP contribution < -0.4 is 4.90 Å². The Morgan fingerprint density at radius 1 is 1.00 bits per heavy atom. The minimum Gasteiger partial charge on any atom is -0.378 e. The van der Waals surface area contributed by atoms with E-state index in [1.807, 2.05) is 29.2 Å². The zero-order chi connectivity index (χ0) is 17.4. The van der Waals surface area contributed by atoms with Gasteiger partial charge in [-0.15, -0.1) is 0 Å². The first-order valence-electron chi connectivity index (χ1n) is 8.43. The summed E-state index contributed by atoms with van der Waals surface area (Å²) in [4.78, 5) is 9.77. The molecule has 0 bridgehead atoms. The molecule has 0 N–H and O–H groups in total. The number of morpholine rings is 1. The molecule has 4 rings (SSSR count). The first kappa shape index (κ1) is 16.3. The average molecular weight is 349 g/mol. The van der Waals surface area contributed by atoms with Crippen molar-refractivity contribution in [3.05, 3.63) is 41.2 Å². The van der Waals surface area contributed by atoms with E-state index in [-0.39, 0.29) is 0 Å². The molecule has 4 nitrogen and oxygen atoms in total. The van der Waals surface area contributed by atoms with Gasteiger partial charge in [0, 0.05) is 24.2 Å². The lowest BCUT2D eigenvalue weighted by molar-refractivity contribution is -0.144. The van der Waals surface area contributed by atoms with Gasteiger partial charge in [0.05, 0.1) is 18.9 Å². The fourth-order valence-corrected chi connectivity index (χ4v) is 3.51. The van der Waals surface area contributed by atoms with Gasteiger partial charge in [-0.2, -0.15) is 13.2 Å². The zero-order valence-corrected chi connectivity index (χ0v) is 13.6. The summed E-state index contributed by atoms with van der Waals surface area (Å²) < 4.78 is 45.6. The van der Waals surface area contributed by atoms with E-state index in [9.17, 15) is 13.2 Å². The summed E-state index contributed by atoms with van der Waals surface area (Å²) >= 11 is 0. The Labute approximate surface area is 143 Å². The number of fused-ring (bicyclic) bond motifs is 3. The fourth-order valence-electron chi connectivity index (χ4n) is 3.51. The maximum atomic E-state index is 13.4. The summed E-state index contributed by atoms with van der Waals surface area (Å²) in [5, 5.41) is 0. The van der Waals surface area contributed by atoms with E-state index in [2.05, 4.69) is 9.97 Å². The highest BCUT2D eigenvalue weighted by Gasteiger charge is 2.37. The maximum absolute atomic E-state index is 13.4. The quantitative estimate of drug-likeness (QED) is 0.790. The molecule has 2 aliphatic rings. The largest absolute Gasteiger partial charge is 0.451 e. The van der Waals surface area contributed by atoms with Crippen LogP contribution in [0.5, 0.6) is 0 Å². The van der Waals surface area contributed by atoms with E-state index in [1.165, 1.54) is 0 Å². The molecule has 132 valence electrons. The molecule has 0 spiro atoms. The van der Waals surface area contributed by atoms with Crippen molar-refractivity contribution in [3.63, 3.8) is 0 Å². The van der Waals surface area contributed by atoms with Crippen molar-refractivity contribution >= 4 is 5.82 Å². The van der Waals surface area contributed by atoms with Gasteiger partial charge >= 0.3 is 6.18 Å². The summed E-state index contributed by atoms with van der Waals surface area (Å²) in [6.45, 7) is 2.08. The molecule has 1 aromatic heterocycles. The van der Waals surface area contributed by atoms with E-state index in [1.54, 1.807) is 0 Å². The maximum Gasteiger partial charge on any atom is 0.451 e. The van der Waals surface area contributed by atoms with Crippen LogP contribution in [0.15, 0.2) is 24.3 Å². The Morgan fingerprint density at radius 3 is 2.52 bits per heavy atom. The van der Waals surface area contributed by atoms with Crippen LogP contribution in [0.3, 0.4) is 0 Å². The molecule has 1 aliphatic carbocycles. The Bertz CT molecular complexity index is 786. The van der Waals surface area contributed by atoms with Crippen molar-refractivity contribution in [3.8, 4) is 11.3 Å². The van der Waals surface area contributed by atoms with E-state index < -0.39 is 12.0 Å². The Hall–Kier alpha value is -2.15. The predicted octanol–water partition coefficient (Wildman–Crippen LogP) is 3.49. The van der Waals surface area contributed by atoms with Crippen molar-refractivity contribution < 1.29 is 17.9 Å². The second-order valence-electron chi connectivity index (χ2n) is 6.31. The second kappa shape index (κ2) is 6.29. The fraction of sp³-hybridized carbons (Fsp3) is 0.444. The first-order valence-corrected chi connectivity index (χ1v) is 8.43. The topological polar surface area (TPSA) is 38.2 Å². The van der Waals surface area contributed by atoms with Gasteiger partial charge in [0.1, 0.15) is 5.82 Å². The number of alkyl halides is 3. The number of aromatic nitrogens is 2. The SMILES string of the molecule is FC(F)(F)c1nc2c(c(N3CCOCC3)n1)CCCc1ccccc1-2. The standard InChI is InChI=1S/C18H18F3N3O/c19-18(20,21)17-22-15-13-6-2-1-4-12(13)5-3-7-14(15)16(23-17)24-8-10-25-11-9-24/h1-2,4,6H,3,5,7-11H2. The second-order valence-corrected chi connectivity index (χ2v) is 6.31. The first-order chi connectivity index (χ1) is 12.0. The Morgan fingerprint density at radius 2 is 1.76 bits per heavy atom. The van der Waals surface area contributed by atoms with Gasteiger partial charge in [-0.3, -0.25) is 0 Å². The summed E-state index contributed by atoms with van der Waals surface area (Å²) in [5.74, 6) is -0.651. The number of halogens is 3. The van der Waals surface area contributed by atoms with E-state index in [0.29, 0.717) is 44.2 Å².